The summed E-state index contributed by atoms with van der Waals surface area (Å²) < 4.78 is 16.0. The van der Waals surface area contributed by atoms with Gasteiger partial charge in [0.1, 0.15) is 28.6 Å². The van der Waals surface area contributed by atoms with E-state index in [-0.39, 0.29) is 5.69 Å². The number of carboxylic acid groups (broad SMARTS) is 1. The molecule has 0 aliphatic rings. The topological polar surface area (TPSA) is 97.3 Å². The van der Waals surface area contributed by atoms with Crippen LogP contribution in [0.4, 0.5) is 4.39 Å². The predicted octanol–water partition coefficient (Wildman–Crippen LogP) is 0.676. The van der Waals surface area contributed by atoms with E-state index in [0.717, 1.165) is 10.7 Å². The molecule has 0 aliphatic carbocycles. The third-order valence-corrected chi connectivity index (χ3v) is 2.91. The number of halogens is 1. The number of aromatic hydroxyl groups is 1. The maximum Gasteiger partial charge on any atom is 0.350 e. The molecule has 0 aliphatic heterocycles. The highest BCUT2D eigenvalue weighted by molar-refractivity contribution is 5.91. The number of phenols is 1. The Morgan fingerprint density at radius 2 is 2.10 bits per heavy atom. The lowest BCUT2D eigenvalue weighted by Crippen LogP contribution is -2.23. The van der Waals surface area contributed by atoms with Crippen LogP contribution in [0.25, 0.3) is 5.69 Å². The van der Waals surface area contributed by atoms with Crippen molar-refractivity contribution in [2.24, 2.45) is 7.05 Å². The van der Waals surface area contributed by atoms with Crippen LogP contribution in [0, 0.1) is 5.82 Å². The van der Waals surface area contributed by atoms with Crippen LogP contribution in [-0.4, -0.2) is 30.5 Å². The van der Waals surface area contributed by atoms with Gasteiger partial charge in [-0.15, -0.1) is 5.10 Å². The Hall–Kier alpha value is -2.64. The lowest BCUT2D eigenvalue weighted by Gasteiger charge is -2.05. The van der Waals surface area contributed by atoms with E-state index in [1.165, 1.54) is 11.6 Å². The third-order valence-electron chi connectivity index (χ3n) is 2.91. The van der Waals surface area contributed by atoms with Crippen molar-refractivity contribution in [3.63, 3.8) is 0 Å². The molecule has 20 heavy (non-hydrogen) atoms. The van der Waals surface area contributed by atoms with E-state index in [4.69, 9.17) is 5.11 Å². The van der Waals surface area contributed by atoms with Crippen LogP contribution >= 0.6 is 0 Å². The Balaban J connectivity index is 2.68. The van der Waals surface area contributed by atoms with Gasteiger partial charge >= 0.3 is 11.7 Å². The molecule has 2 rings (SSSR count). The van der Waals surface area contributed by atoms with Gasteiger partial charge in [-0.25, -0.2) is 14.0 Å². The molecule has 0 spiro atoms. The predicted molar refractivity (Wildman–Crippen MR) is 66.8 cm³/mol. The van der Waals surface area contributed by atoms with E-state index in [2.05, 4.69) is 5.10 Å². The molecule has 8 heteroatoms. The lowest BCUT2D eigenvalue weighted by molar-refractivity contribution is 0.0693. The number of hydrogen-bond donors (Lipinski definition) is 2. The molecule has 1 aromatic heterocycles. The number of aromatic nitrogens is 3. The van der Waals surface area contributed by atoms with Crippen LogP contribution in [0.2, 0.25) is 0 Å². The highest BCUT2D eigenvalue weighted by atomic mass is 19.1. The van der Waals surface area contributed by atoms with Gasteiger partial charge < -0.3 is 10.2 Å². The minimum atomic E-state index is -1.46. The molecule has 106 valence electrons. The zero-order valence-corrected chi connectivity index (χ0v) is 10.8. The van der Waals surface area contributed by atoms with E-state index in [1.54, 1.807) is 6.92 Å². The van der Waals surface area contributed by atoms with E-state index in [1.807, 2.05) is 0 Å². The fourth-order valence-electron chi connectivity index (χ4n) is 1.83. The number of rotatable bonds is 3. The van der Waals surface area contributed by atoms with Crippen LogP contribution in [0.1, 0.15) is 23.1 Å². The molecule has 0 fully saturated rings. The molecule has 0 saturated heterocycles. The summed E-state index contributed by atoms with van der Waals surface area (Å²) in [4.78, 5) is 22.7. The number of hydrogen-bond acceptors (Lipinski definition) is 4. The van der Waals surface area contributed by atoms with Crippen molar-refractivity contribution < 1.29 is 19.4 Å². The zero-order chi connectivity index (χ0) is 15.0. The second-order valence-corrected chi connectivity index (χ2v) is 4.15. The van der Waals surface area contributed by atoms with Crippen molar-refractivity contribution in [3.05, 3.63) is 39.8 Å². The first-order chi connectivity index (χ1) is 9.36. The summed E-state index contributed by atoms with van der Waals surface area (Å²) >= 11 is 0. The van der Waals surface area contributed by atoms with Gasteiger partial charge in [-0.05, 0) is 6.07 Å². The van der Waals surface area contributed by atoms with Gasteiger partial charge in [0, 0.05) is 19.5 Å². The quantitative estimate of drug-likeness (QED) is 0.862. The largest absolute Gasteiger partial charge is 0.507 e. The molecule has 2 N–H and O–H groups in total. The average molecular weight is 281 g/mol. The van der Waals surface area contributed by atoms with Crippen LogP contribution < -0.4 is 5.69 Å². The first-order valence-electron chi connectivity index (χ1n) is 5.78. The fraction of sp³-hybridized carbons (Fsp3) is 0.250. The van der Waals surface area contributed by atoms with Crippen LogP contribution in [0.3, 0.4) is 0 Å². The first-order valence-corrected chi connectivity index (χ1v) is 5.78. The van der Waals surface area contributed by atoms with Crippen molar-refractivity contribution >= 4 is 5.97 Å². The SMILES string of the molecule is CCc1nn(-c2cc(O)c(C(=O)O)cc2F)c(=O)n1C. The summed E-state index contributed by atoms with van der Waals surface area (Å²) in [6.07, 6.45) is 0.472. The van der Waals surface area contributed by atoms with Gasteiger partial charge in [-0.1, -0.05) is 6.92 Å². The van der Waals surface area contributed by atoms with Gasteiger partial charge in [-0.2, -0.15) is 4.68 Å². The summed E-state index contributed by atoms with van der Waals surface area (Å²) in [5.74, 6) is -2.61. The van der Waals surface area contributed by atoms with Crippen molar-refractivity contribution in [1.82, 2.24) is 14.3 Å². The summed E-state index contributed by atoms with van der Waals surface area (Å²) in [5.41, 5.74) is -1.46. The Kier molecular flexibility index (Phi) is 3.31. The summed E-state index contributed by atoms with van der Waals surface area (Å²) in [5, 5.41) is 22.3. The van der Waals surface area contributed by atoms with Crippen LogP contribution in [0.5, 0.6) is 5.75 Å². The van der Waals surface area contributed by atoms with Gasteiger partial charge in [0.2, 0.25) is 0 Å². The monoisotopic (exact) mass is 281 g/mol. The Morgan fingerprint density at radius 3 is 2.60 bits per heavy atom. The summed E-state index contributed by atoms with van der Waals surface area (Å²) in [6, 6.07) is 1.52. The maximum atomic E-state index is 13.9. The smallest absolute Gasteiger partial charge is 0.350 e. The molecule has 7 nitrogen and oxygen atoms in total. The number of carboxylic acids is 1. The number of aromatic carboxylic acids is 1. The minimum absolute atomic E-state index is 0.298. The molecule has 0 saturated carbocycles. The number of nitrogens with zero attached hydrogens (tertiary/aromatic N) is 3. The third kappa shape index (κ3) is 2.04. The Morgan fingerprint density at radius 1 is 1.45 bits per heavy atom. The van der Waals surface area contributed by atoms with E-state index in [9.17, 15) is 19.1 Å². The average Bonchev–Trinajstić information content (AvgIpc) is 2.68. The first kappa shape index (κ1) is 13.8. The van der Waals surface area contributed by atoms with Crippen molar-refractivity contribution in [2.75, 3.05) is 0 Å². The van der Waals surface area contributed by atoms with Crippen molar-refractivity contribution in [1.29, 1.82) is 0 Å². The highest BCUT2D eigenvalue weighted by Crippen LogP contribution is 2.23. The molecular weight excluding hydrogens is 269 g/mol. The minimum Gasteiger partial charge on any atom is -0.507 e. The Bertz CT molecular complexity index is 748. The second-order valence-electron chi connectivity index (χ2n) is 4.15. The van der Waals surface area contributed by atoms with E-state index >= 15 is 0 Å². The van der Waals surface area contributed by atoms with Gasteiger partial charge in [0.25, 0.3) is 0 Å². The van der Waals surface area contributed by atoms with E-state index in [0.29, 0.717) is 18.3 Å². The molecule has 0 bridgehead atoms. The maximum absolute atomic E-state index is 13.9. The molecule has 0 radical (unpaired) electrons. The lowest BCUT2D eigenvalue weighted by atomic mass is 10.1. The number of carbonyl (C=O) groups is 1. The number of benzene rings is 1. The molecule has 0 atom stereocenters. The van der Waals surface area contributed by atoms with E-state index < -0.39 is 28.8 Å². The molecule has 2 aromatic rings. The summed E-state index contributed by atoms with van der Waals surface area (Å²) in [6.45, 7) is 1.79. The number of aryl methyl sites for hydroxylation is 1. The second kappa shape index (κ2) is 4.80. The molecule has 1 aromatic carbocycles. The van der Waals surface area contributed by atoms with Gasteiger partial charge in [-0.3, -0.25) is 4.57 Å². The zero-order valence-electron chi connectivity index (χ0n) is 10.8. The standard InChI is InChI=1S/C12H12FN3O4/c1-3-10-14-16(12(20)15(10)2)8-5-9(17)6(11(18)19)4-7(8)13/h4-5,17H,3H2,1-2H3,(H,18,19). The molecule has 0 unspecified atom stereocenters. The van der Waals surface area contributed by atoms with Crippen LogP contribution in [0.15, 0.2) is 16.9 Å². The van der Waals surface area contributed by atoms with Gasteiger partial charge in [0.15, 0.2) is 0 Å². The van der Waals surface area contributed by atoms with Crippen molar-refractivity contribution in [2.45, 2.75) is 13.3 Å². The van der Waals surface area contributed by atoms with Gasteiger partial charge in [0.05, 0.1) is 0 Å². The normalized spacial score (nSPS) is 10.8. The van der Waals surface area contributed by atoms with Crippen molar-refractivity contribution in [3.8, 4) is 11.4 Å². The Labute approximate surface area is 112 Å². The fourth-order valence-corrected chi connectivity index (χ4v) is 1.83. The highest BCUT2D eigenvalue weighted by Gasteiger charge is 2.19. The molecular formula is C12H12FN3O4. The molecule has 1 heterocycles. The summed E-state index contributed by atoms with van der Waals surface area (Å²) in [7, 11) is 1.49. The van der Waals surface area contributed by atoms with Crippen LogP contribution in [-0.2, 0) is 13.5 Å². The molecule has 0 amide bonds.